The zero-order chi connectivity index (χ0) is 21.4. The normalized spacial score (nSPS) is 20.8. The summed E-state index contributed by atoms with van der Waals surface area (Å²) in [6.45, 7) is 6.12. The highest BCUT2D eigenvalue weighted by atomic mass is 16.2. The first-order chi connectivity index (χ1) is 14.0. The van der Waals surface area contributed by atoms with Crippen molar-refractivity contribution in [2.75, 3.05) is 13.6 Å². The summed E-state index contributed by atoms with van der Waals surface area (Å²) in [6.07, 6.45) is 5.39. The Labute approximate surface area is 174 Å². The molecule has 3 amide bonds. The van der Waals surface area contributed by atoms with Gasteiger partial charge < -0.3 is 10.2 Å². The summed E-state index contributed by atoms with van der Waals surface area (Å²) >= 11 is 0. The number of carbonyl (C=O) groups excluding carboxylic acids is 3. The number of imide groups is 1. The van der Waals surface area contributed by atoms with E-state index in [0.29, 0.717) is 6.54 Å². The number of likely N-dealkylation sites (N-methyl/N-ethyl adjacent to an activating group) is 1. The fourth-order valence-electron chi connectivity index (χ4n) is 4.33. The number of hydrogen-bond acceptors (Lipinski definition) is 4. The number of urea groups is 1. The molecule has 29 heavy (non-hydrogen) atoms. The summed E-state index contributed by atoms with van der Waals surface area (Å²) in [5.41, 5.74) is 0.986. The van der Waals surface area contributed by atoms with Gasteiger partial charge in [-0.15, -0.1) is 0 Å². The van der Waals surface area contributed by atoms with E-state index in [2.05, 4.69) is 5.32 Å². The lowest BCUT2D eigenvalue weighted by Gasteiger charge is -2.32. The molecule has 1 aromatic rings. The van der Waals surface area contributed by atoms with Crippen molar-refractivity contribution >= 4 is 17.7 Å². The zero-order valence-electron chi connectivity index (χ0n) is 18.2. The Hall–Kier alpha value is -2.21. The Balaban J connectivity index is 0.00000145. The number of nitrogens with one attached hydrogen (secondary N) is 1. The van der Waals surface area contributed by atoms with Gasteiger partial charge in [-0.1, -0.05) is 63.4 Å². The lowest BCUT2D eigenvalue weighted by molar-refractivity contribution is -0.136. The van der Waals surface area contributed by atoms with Crippen LogP contribution < -0.4 is 5.32 Å². The molecule has 2 fully saturated rings. The molecule has 0 aromatic heterocycles. The van der Waals surface area contributed by atoms with Crippen LogP contribution >= 0.6 is 0 Å². The fourth-order valence-corrected chi connectivity index (χ4v) is 4.33. The van der Waals surface area contributed by atoms with Crippen LogP contribution in [0.4, 0.5) is 4.79 Å². The lowest BCUT2D eigenvalue weighted by atomic mass is 9.83. The molecule has 1 aromatic carbocycles. The first-order valence-corrected chi connectivity index (χ1v) is 10.9. The van der Waals surface area contributed by atoms with E-state index in [0.717, 1.165) is 31.2 Å². The molecule has 3 rings (SSSR count). The predicted molar refractivity (Wildman–Crippen MR) is 114 cm³/mol. The Morgan fingerprint density at radius 1 is 1.10 bits per heavy atom. The molecule has 2 unspecified atom stereocenters. The summed E-state index contributed by atoms with van der Waals surface area (Å²) in [5.74, 6) is -0.184. The van der Waals surface area contributed by atoms with Crippen LogP contribution in [0.3, 0.4) is 0 Å². The zero-order valence-corrected chi connectivity index (χ0v) is 18.2. The summed E-state index contributed by atoms with van der Waals surface area (Å²) in [7, 11) is 1.77. The minimum atomic E-state index is -0.701. The van der Waals surface area contributed by atoms with Crippen LogP contribution in [0.1, 0.15) is 58.4 Å². The van der Waals surface area contributed by atoms with E-state index < -0.39 is 12.1 Å². The molecular formula is C23H35N3O3. The SMILES string of the molecule is CC.CNC(C(=O)N1C(=O)N(Cc2ccccc2)CC1C(C)=O)C1CCCCC1. The smallest absolute Gasteiger partial charge is 0.317 e. The van der Waals surface area contributed by atoms with Crippen molar-refractivity contribution in [3.63, 3.8) is 0 Å². The number of carbonyl (C=O) groups is 3. The number of ketones is 1. The van der Waals surface area contributed by atoms with Gasteiger partial charge in [0.15, 0.2) is 5.78 Å². The van der Waals surface area contributed by atoms with E-state index in [-0.39, 0.29) is 30.2 Å². The molecule has 1 saturated carbocycles. The van der Waals surface area contributed by atoms with Crippen LogP contribution in [-0.4, -0.2) is 53.2 Å². The number of hydrogen-bond donors (Lipinski definition) is 1. The minimum Gasteiger partial charge on any atom is -0.317 e. The lowest BCUT2D eigenvalue weighted by Crippen LogP contribution is -2.54. The predicted octanol–water partition coefficient (Wildman–Crippen LogP) is 3.60. The molecule has 1 saturated heterocycles. The first kappa shape index (κ1) is 23.1. The van der Waals surface area contributed by atoms with E-state index in [1.54, 1.807) is 11.9 Å². The summed E-state index contributed by atoms with van der Waals surface area (Å²) in [4.78, 5) is 41.3. The van der Waals surface area contributed by atoms with Crippen molar-refractivity contribution in [2.24, 2.45) is 5.92 Å². The van der Waals surface area contributed by atoms with Crippen LogP contribution in [0.15, 0.2) is 30.3 Å². The molecule has 6 heteroatoms. The summed E-state index contributed by atoms with van der Waals surface area (Å²) in [5, 5.41) is 3.12. The topological polar surface area (TPSA) is 69.7 Å². The highest BCUT2D eigenvalue weighted by Crippen LogP contribution is 2.29. The molecule has 0 spiro atoms. The molecule has 0 radical (unpaired) electrons. The third-order valence-corrected chi connectivity index (χ3v) is 5.80. The van der Waals surface area contributed by atoms with E-state index in [9.17, 15) is 14.4 Å². The maximum atomic E-state index is 13.3. The fraction of sp³-hybridized carbons (Fsp3) is 0.609. The van der Waals surface area contributed by atoms with Gasteiger partial charge in [0.2, 0.25) is 5.91 Å². The molecule has 1 aliphatic carbocycles. The van der Waals surface area contributed by atoms with Crippen molar-refractivity contribution in [2.45, 2.75) is 71.5 Å². The maximum absolute atomic E-state index is 13.3. The Morgan fingerprint density at radius 2 is 1.72 bits per heavy atom. The molecule has 2 atom stereocenters. The van der Waals surface area contributed by atoms with E-state index in [1.807, 2.05) is 44.2 Å². The van der Waals surface area contributed by atoms with Gasteiger partial charge >= 0.3 is 6.03 Å². The van der Waals surface area contributed by atoms with Gasteiger partial charge in [-0.25, -0.2) is 4.79 Å². The summed E-state index contributed by atoms with van der Waals surface area (Å²) < 4.78 is 0. The van der Waals surface area contributed by atoms with Crippen LogP contribution in [0, 0.1) is 5.92 Å². The quantitative estimate of drug-likeness (QED) is 0.791. The van der Waals surface area contributed by atoms with Gasteiger partial charge in [0, 0.05) is 6.54 Å². The van der Waals surface area contributed by atoms with E-state index >= 15 is 0 Å². The first-order valence-electron chi connectivity index (χ1n) is 10.9. The second kappa shape index (κ2) is 11.1. The molecule has 0 bridgehead atoms. The van der Waals surface area contributed by atoms with E-state index in [1.165, 1.54) is 18.2 Å². The number of benzene rings is 1. The second-order valence-corrected chi connectivity index (χ2v) is 7.65. The maximum Gasteiger partial charge on any atom is 0.327 e. The molecule has 160 valence electrons. The highest BCUT2D eigenvalue weighted by Gasteiger charge is 2.46. The largest absolute Gasteiger partial charge is 0.327 e. The van der Waals surface area contributed by atoms with Crippen molar-refractivity contribution in [3.8, 4) is 0 Å². The van der Waals surface area contributed by atoms with Crippen molar-refractivity contribution < 1.29 is 14.4 Å². The Bertz CT molecular complexity index is 686. The second-order valence-electron chi connectivity index (χ2n) is 7.65. The third-order valence-electron chi connectivity index (χ3n) is 5.80. The van der Waals surface area contributed by atoms with Crippen molar-refractivity contribution in [3.05, 3.63) is 35.9 Å². The molecule has 6 nitrogen and oxygen atoms in total. The summed E-state index contributed by atoms with van der Waals surface area (Å²) in [6, 6.07) is 8.17. The number of nitrogens with zero attached hydrogens (tertiary/aromatic N) is 2. The molecular weight excluding hydrogens is 366 g/mol. The van der Waals surface area contributed by atoms with Gasteiger partial charge in [-0.2, -0.15) is 0 Å². The molecule has 1 N–H and O–H groups in total. The average Bonchev–Trinajstić information content (AvgIpc) is 3.08. The standard InChI is InChI=1S/C21H29N3O3.C2H6/c1-15(25)18-14-23(13-16-9-5-3-6-10-16)21(27)24(18)20(26)19(22-2)17-11-7-4-8-12-17;1-2/h3,5-6,9-10,17-19,22H,4,7-8,11-14H2,1-2H3;1-2H3. The third kappa shape index (κ3) is 5.44. The monoisotopic (exact) mass is 401 g/mol. The van der Waals surface area contributed by atoms with Gasteiger partial charge in [-0.3, -0.25) is 14.5 Å². The van der Waals surface area contributed by atoms with Gasteiger partial charge in [0.05, 0.1) is 12.6 Å². The number of Topliss-reactive ketones (excluding diaryl/α,β-unsaturated/α-hetero) is 1. The van der Waals surface area contributed by atoms with Gasteiger partial charge in [0.1, 0.15) is 6.04 Å². The van der Waals surface area contributed by atoms with Gasteiger partial charge in [0.25, 0.3) is 0 Å². The molecule has 1 heterocycles. The Kier molecular flexibility index (Phi) is 8.83. The Morgan fingerprint density at radius 3 is 2.28 bits per heavy atom. The van der Waals surface area contributed by atoms with Crippen LogP contribution in [-0.2, 0) is 16.1 Å². The van der Waals surface area contributed by atoms with Crippen LogP contribution in [0.2, 0.25) is 0 Å². The average molecular weight is 402 g/mol. The minimum absolute atomic E-state index is 0.147. The molecule has 1 aliphatic heterocycles. The highest BCUT2D eigenvalue weighted by molar-refractivity contribution is 6.04. The number of amides is 3. The number of rotatable bonds is 6. The van der Waals surface area contributed by atoms with Gasteiger partial charge in [-0.05, 0) is 38.3 Å². The van der Waals surface area contributed by atoms with Crippen LogP contribution in [0.5, 0.6) is 0 Å². The van der Waals surface area contributed by atoms with E-state index in [4.69, 9.17) is 0 Å². The molecule has 2 aliphatic rings. The van der Waals surface area contributed by atoms with Crippen molar-refractivity contribution in [1.82, 2.24) is 15.1 Å². The van der Waals surface area contributed by atoms with Crippen LogP contribution in [0.25, 0.3) is 0 Å². The van der Waals surface area contributed by atoms with Crippen molar-refractivity contribution in [1.29, 1.82) is 0 Å².